The van der Waals surface area contributed by atoms with Crippen molar-refractivity contribution in [3.63, 3.8) is 0 Å². The van der Waals surface area contributed by atoms with Crippen molar-refractivity contribution in [2.24, 2.45) is 40.9 Å². The van der Waals surface area contributed by atoms with Crippen molar-refractivity contribution in [1.29, 1.82) is 0 Å². The maximum absolute atomic E-state index is 6.42. The predicted octanol–water partition coefficient (Wildman–Crippen LogP) is 9.77. The largest absolute Gasteiger partial charge is 0.491 e. The van der Waals surface area contributed by atoms with E-state index < -0.39 is 0 Å². The normalized spacial score (nSPS) is 29.9. The van der Waals surface area contributed by atoms with E-state index in [1.807, 2.05) is 12.1 Å². The van der Waals surface area contributed by atoms with Crippen LogP contribution in [0.5, 0.6) is 5.75 Å². The van der Waals surface area contributed by atoms with E-state index in [1.165, 1.54) is 44.9 Å². The van der Waals surface area contributed by atoms with E-state index >= 15 is 0 Å². The lowest BCUT2D eigenvalue weighted by Crippen LogP contribution is -2.40. The van der Waals surface area contributed by atoms with Gasteiger partial charge in [-0.3, -0.25) is 0 Å². The van der Waals surface area contributed by atoms with Crippen LogP contribution in [0.4, 0.5) is 11.4 Å². The summed E-state index contributed by atoms with van der Waals surface area (Å²) in [4.78, 5) is 0. The SMILES string of the molecule is CC1CCC(C(C)/C=C/[C@H](C)C(C)C)CCCC2C1=CC=C1CC(OCCCCOc3ccc(N)cc3N)CC[C@]12C. The first-order valence-corrected chi connectivity index (χ1v) is 17.1. The molecule has 4 rings (SSSR count). The highest BCUT2D eigenvalue weighted by Crippen LogP contribution is 2.55. The van der Waals surface area contributed by atoms with E-state index in [1.54, 1.807) is 17.2 Å². The molecule has 7 atom stereocenters. The summed E-state index contributed by atoms with van der Waals surface area (Å²) in [6, 6.07) is 5.42. The van der Waals surface area contributed by atoms with Gasteiger partial charge in [-0.25, -0.2) is 0 Å². The number of unbranched alkanes of at least 4 members (excludes halogenated alkanes) is 1. The molecule has 2 saturated carbocycles. The first-order chi connectivity index (χ1) is 20.1. The van der Waals surface area contributed by atoms with Gasteiger partial charge >= 0.3 is 0 Å². The number of fused-ring (bicyclic) bond motifs is 3. The molecule has 0 heterocycles. The Morgan fingerprint density at radius 1 is 0.952 bits per heavy atom. The highest BCUT2D eigenvalue weighted by Gasteiger charge is 2.45. The van der Waals surface area contributed by atoms with E-state index in [-0.39, 0.29) is 0 Å². The van der Waals surface area contributed by atoms with Gasteiger partial charge in [-0.05, 0) is 117 Å². The quantitative estimate of drug-likeness (QED) is 0.156. The van der Waals surface area contributed by atoms with Gasteiger partial charge in [0.25, 0.3) is 0 Å². The molecule has 4 N–H and O–H groups in total. The Morgan fingerprint density at radius 3 is 2.50 bits per heavy atom. The number of hydrogen-bond acceptors (Lipinski definition) is 4. The number of rotatable bonds is 11. The zero-order chi connectivity index (χ0) is 30.3. The Morgan fingerprint density at radius 2 is 1.74 bits per heavy atom. The molecule has 0 aromatic heterocycles. The predicted molar refractivity (Wildman–Crippen MR) is 179 cm³/mol. The lowest BCUT2D eigenvalue weighted by molar-refractivity contribution is 0.0104. The lowest BCUT2D eigenvalue weighted by atomic mass is 9.57. The Bertz CT molecular complexity index is 1100. The van der Waals surface area contributed by atoms with Gasteiger partial charge in [0, 0.05) is 12.3 Å². The van der Waals surface area contributed by atoms with Gasteiger partial charge in [-0.2, -0.15) is 0 Å². The number of benzene rings is 1. The summed E-state index contributed by atoms with van der Waals surface area (Å²) in [5.74, 6) is 4.94. The van der Waals surface area contributed by atoms with Crippen LogP contribution >= 0.6 is 0 Å². The second-order valence-corrected chi connectivity index (χ2v) is 14.4. The average Bonchev–Trinajstić information content (AvgIpc) is 3.03. The molecule has 0 radical (unpaired) electrons. The van der Waals surface area contributed by atoms with E-state index in [2.05, 4.69) is 65.8 Å². The van der Waals surface area contributed by atoms with Crippen molar-refractivity contribution in [3.05, 3.63) is 53.6 Å². The summed E-state index contributed by atoms with van der Waals surface area (Å²) in [7, 11) is 0. The van der Waals surface area contributed by atoms with Crippen molar-refractivity contribution in [2.45, 2.75) is 112 Å². The third kappa shape index (κ3) is 8.24. The molecule has 42 heavy (non-hydrogen) atoms. The van der Waals surface area contributed by atoms with Crippen molar-refractivity contribution in [3.8, 4) is 5.75 Å². The summed E-state index contributed by atoms with van der Waals surface area (Å²) >= 11 is 0. The molecule has 3 aliphatic carbocycles. The minimum Gasteiger partial charge on any atom is -0.491 e. The van der Waals surface area contributed by atoms with E-state index in [0.29, 0.717) is 64.8 Å². The molecule has 0 amide bonds. The Hall–Kier alpha value is -2.20. The third-order valence-corrected chi connectivity index (χ3v) is 11.1. The van der Waals surface area contributed by atoms with Gasteiger partial charge in [-0.15, -0.1) is 0 Å². The minimum absolute atomic E-state index is 0.295. The van der Waals surface area contributed by atoms with Crippen LogP contribution < -0.4 is 16.2 Å². The molecule has 0 saturated heterocycles. The molecule has 1 aromatic rings. The molecular weight excluding hydrogens is 516 g/mol. The maximum atomic E-state index is 6.42. The summed E-state index contributed by atoms with van der Waals surface area (Å²) in [6.45, 7) is 16.0. The standard InChI is InChI=1S/C38H60N2O2/c1-26(2)27(3)12-13-28(4)30-10-9-11-35-34(29(5)14-15-30)18-16-31-24-33(20-21-38(31,35)6)41-22-7-8-23-42-37-19-17-32(39)25-36(37)40/h12-13,16-19,25-30,33,35H,7-11,14-15,20-24,39-40H2,1-6H3/b13-12+/t27-,28?,29?,30?,33?,35?,38+/m0/s1. The number of nitrogen functional groups attached to an aromatic ring is 2. The number of nitrogens with two attached hydrogens (primary N) is 2. The van der Waals surface area contributed by atoms with Gasteiger partial charge in [0.2, 0.25) is 0 Å². The van der Waals surface area contributed by atoms with Gasteiger partial charge in [0.1, 0.15) is 5.75 Å². The van der Waals surface area contributed by atoms with Crippen molar-refractivity contribution in [2.75, 3.05) is 24.7 Å². The van der Waals surface area contributed by atoms with Gasteiger partial charge in [0.05, 0.1) is 18.4 Å². The summed E-state index contributed by atoms with van der Waals surface area (Å²) in [5, 5.41) is 0. The van der Waals surface area contributed by atoms with Gasteiger partial charge in [0.15, 0.2) is 0 Å². The molecule has 2 fully saturated rings. The summed E-state index contributed by atoms with van der Waals surface area (Å²) < 4.78 is 12.3. The number of anilines is 2. The number of allylic oxidation sites excluding steroid dienone is 5. The smallest absolute Gasteiger partial charge is 0.142 e. The molecule has 4 heteroatoms. The van der Waals surface area contributed by atoms with E-state index in [9.17, 15) is 0 Å². The fourth-order valence-electron chi connectivity index (χ4n) is 7.62. The van der Waals surface area contributed by atoms with Crippen LogP contribution in [0.1, 0.15) is 106 Å². The molecule has 0 spiro atoms. The first kappa shape index (κ1) is 32.7. The van der Waals surface area contributed by atoms with Crippen LogP contribution in [0.3, 0.4) is 0 Å². The topological polar surface area (TPSA) is 70.5 Å². The van der Waals surface area contributed by atoms with E-state index in [0.717, 1.165) is 31.8 Å². The number of hydrogen-bond donors (Lipinski definition) is 2. The van der Waals surface area contributed by atoms with E-state index in [4.69, 9.17) is 20.9 Å². The first-order valence-electron chi connectivity index (χ1n) is 17.1. The monoisotopic (exact) mass is 576 g/mol. The van der Waals surface area contributed by atoms with Crippen LogP contribution in [0.2, 0.25) is 0 Å². The highest BCUT2D eigenvalue weighted by atomic mass is 16.5. The third-order valence-electron chi connectivity index (χ3n) is 11.1. The van der Waals surface area contributed by atoms with Crippen LogP contribution in [-0.4, -0.2) is 19.3 Å². The second kappa shape index (κ2) is 15.0. The minimum atomic E-state index is 0.295. The Labute approximate surface area is 257 Å². The average molecular weight is 577 g/mol. The maximum Gasteiger partial charge on any atom is 0.142 e. The fourth-order valence-corrected chi connectivity index (χ4v) is 7.62. The Balaban J connectivity index is 1.27. The summed E-state index contributed by atoms with van der Waals surface area (Å²) in [6.07, 6.45) is 22.6. The zero-order valence-corrected chi connectivity index (χ0v) is 27.5. The van der Waals surface area contributed by atoms with Crippen molar-refractivity contribution < 1.29 is 9.47 Å². The molecule has 3 aliphatic rings. The molecule has 4 nitrogen and oxygen atoms in total. The molecular formula is C38H60N2O2. The molecule has 1 aromatic carbocycles. The Kier molecular flexibility index (Phi) is 11.7. The van der Waals surface area contributed by atoms with Crippen molar-refractivity contribution >= 4 is 11.4 Å². The number of ether oxygens (including phenoxy) is 2. The van der Waals surface area contributed by atoms with Gasteiger partial charge in [-0.1, -0.05) is 83.4 Å². The van der Waals surface area contributed by atoms with Crippen LogP contribution in [0.25, 0.3) is 0 Å². The molecule has 5 unspecified atom stereocenters. The highest BCUT2D eigenvalue weighted by molar-refractivity contribution is 5.60. The van der Waals surface area contributed by atoms with Crippen LogP contribution in [0, 0.1) is 40.9 Å². The van der Waals surface area contributed by atoms with Crippen molar-refractivity contribution in [1.82, 2.24) is 0 Å². The fraction of sp³-hybridized carbons (Fsp3) is 0.684. The zero-order valence-electron chi connectivity index (χ0n) is 27.5. The summed E-state index contributed by atoms with van der Waals surface area (Å²) in [5.41, 5.74) is 16.7. The van der Waals surface area contributed by atoms with Crippen LogP contribution in [0.15, 0.2) is 53.6 Å². The van der Waals surface area contributed by atoms with Gasteiger partial charge < -0.3 is 20.9 Å². The lowest BCUT2D eigenvalue weighted by Gasteiger charge is -2.49. The second-order valence-electron chi connectivity index (χ2n) is 14.4. The van der Waals surface area contributed by atoms with Crippen LogP contribution in [-0.2, 0) is 4.74 Å². The molecule has 0 aliphatic heterocycles. The molecule has 0 bridgehead atoms. The molecule has 234 valence electrons.